The molecule has 7 heteroatoms. The lowest BCUT2D eigenvalue weighted by atomic mass is 10.0. The topological polar surface area (TPSA) is 92.7 Å². The SMILES string of the molecule is CC.COc1cccc(-c2ccc(CS(=O)(=O)CC(=O)NCCO)cc2)c1. The first kappa shape index (κ1) is 22.7. The lowest BCUT2D eigenvalue weighted by Crippen LogP contribution is -2.32. The molecule has 0 atom stereocenters. The van der Waals surface area contributed by atoms with Gasteiger partial charge in [-0.1, -0.05) is 50.2 Å². The van der Waals surface area contributed by atoms with Gasteiger partial charge in [-0.2, -0.15) is 0 Å². The molecular formula is C20H27NO5S. The molecule has 27 heavy (non-hydrogen) atoms. The third kappa shape index (κ3) is 7.80. The monoisotopic (exact) mass is 393 g/mol. The van der Waals surface area contributed by atoms with E-state index >= 15 is 0 Å². The largest absolute Gasteiger partial charge is 0.497 e. The summed E-state index contributed by atoms with van der Waals surface area (Å²) in [6, 6.07) is 14.7. The summed E-state index contributed by atoms with van der Waals surface area (Å²) in [5.74, 6) is -0.664. The van der Waals surface area contributed by atoms with Crippen LogP contribution in [0.15, 0.2) is 48.5 Å². The second-order valence-corrected chi connectivity index (χ2v) is 7.60. The van der Waals surface area contributed by atoms with Crippen LogP contribution in [0.3, 0.4) is 0 Å². The summed E-state index contributed by atoms with van der Waals surface area (Å²) < 4.78 is 29.3. The summed E-state index contributed by atoms with van der Waals surface area (Å²) in [7, 11) is -1.97. The molecule has 1 amide bonds. The summed E-state index contributed by atoms with van der Waals surface area (Å²) in [5.41, 5.74) is 2.53. The second kappa shape index (κ2) is 11.4. The zero-order chi connectivity index (χ0) is 20.3. The maximum absolute atomic E-state index is 12.1. The molecule has 0 radical (unpaired) electrons. The van der Waals surface area contributed by atoms with Gasteiger partial charge in [-0.25, -0.2) is 8.42 Å². The summed E-state index contributed by atoms with van der Waals surface area (Å²) >= 11 is 0. The number of methoxy groups -OCH3 is 1. The van der Waals surface area contributed by atoms with Crippen LogP contribution < -0.4 is 10.1 Å². The predicted octanol–water partition coefficient (Wildman–Crippen LogP) is 2.41. The smallest absolute Gasteiger partial charge is 0.235 e. The Hall–Kier alpha value is -2.38. The Labute approximate surface area is 161 Å². The molecule has 2 aromatic carbocycles. The minimum atomic E-state index is -3.57. The highest BCUT2D eigenvalue weighted by molar-refractivity contribution is 7.91. The lowest BCUT2D eigenvalue weighted by Gasteiger charge is -2.08. The van der Waals surface area contributed by atoms with Crippen LogP contribution in [0.4, 0.5) is 0 Å². The lowest BCUT2D eigenvalue weighted by molar-refractivity contribution is -0.118. The number of hydrogen-bond donors (Lipinski definition) is 2. The van der Waals surface area contributed by atoms with E-state index in [1.807, 2.05) is 50.2 Å². The number of benzene rings is 2. The Morgan fingerprint density at radius 1 is 1.07 bits per heavy atom. The molecular weight excluding hydrogens is 366 g/mol. The molecule has 0 aliphatic carbocycles. The van der Waals surface area contributed by atoms with Crippen LogP contribution in [0.25, 0.3) is 11.1 Å². The maximum atomic E-state index is 12.1. The Morgan fingerprint density at radius 2 is 1.74 bits per heavy atom. The number of carbonyl (C=O) groups excluding carboxylic acids is 1. The summed E-state index contributed by atoms with van der Waals surface area (Å²) in [5, 5.41) is 11.0. The molecule has 0 aliphatic rings. The van der Waals surface area contributed by atoms with Gasteiger partial charge in [0.15, 0.2) is 9.84 Å². The summed E-state index contributed by atoms with van der Waals surface area (Å²) in [6.07, 6.45) is 0. The van der Waals surface area contributed by atoms with Gasteiger partial charge in [0.1, 0.15) is 11.5 Å². The average Bonchev–Trinajstić information content (AvgIpc) is 2.68. The predicted molar refractivity (Wildman–Crippen MR) is 107 cm³/mol. The summed E-state index contributed by atoms with van der Waals surface area (Å²) in [4.78, 5) is 11.5. The van der Waals surface area contributed by atoms with E-state index in [2.05, 4.69) is 5.32 Å². The first-order valence-corrected chi connectivity index (χ1v) is 10.6. The first-order chi connectivity index (χ1) is 12.9. The van der Waals surface area contributed by atoms with Crippen molar-refractivity contribution < 1.29 is 23.1 Å². The maximum Gasteiger partial charge on any atom is 0.235 e. The van der Waals surface area contributed by atoms with Gasteiger partial charge in [-0.05, 0) is 28.8 Å². The number of aliphatic hydroxyl groups excluding tert-OH is 1. The number of amides is 1. The number of hydrogen-bond acceptors (Lipinski definition) is 5. The van der Waals surface area contributed by atoms with Crippen molar-refractivity contribution >= 4 is 15.7 Å². The van der Waals surface area contributed by atoms with Gasteiger partial charge in [0.2, 0.25) is 5.91 Å². The van der Waals surface area contributed by atoms with Gasteiger partial charge in [0, 0.05) is 6.54 Å². The van der Waals surface area contributed by atoms with Crippen LogP contribution in [0, 0.1) is 0 Å². The molecule has 0 spiro atoms. The van der Waals surface area contributed by atoms with E-state index in [-0.39, 0.29) is 18.9 Å². The molecule has 148 valence electrons. The van der Waals surface area contributed by atoms with Gasteiger partial charge in [0.05, 0.1) is 19.5 Å². The molecule has 0 saturated carbocycles. The number of aliphatic hydroxyl groups is 1. The van der Waals surface area contributed by atoms with Crippen LogP contribution in [-0.4, -0.2) is 45.4 Å². The highest BCUT2D eigenvalue weighted by atomic mass is 32.2. The number of sulfone groups is 1. The van der Waals surface area contributed by atoms with E-state index in [0.29, 0.717) is 5.56 Å². The van der Waals surface area contributed by atoms with Crippen molar-refractivity contribution in [3.63, 3.8) is 0 Å². The Balaban J connectivity index is 0.00000176. The van der Waals surface area contributed by atoms with E-state index in [1.165, 1.54) is 0 Å². The second-order valence-electron chi connectivity index (χ2n) is 5.53. The Morgan fingerprint density at radius 3 is 2.33 bits per heavy atom. The molecule has 0 fully saturated rings. The zero-order valence-corrected chi connectivity index (χ0v) is 16.8. The van der Waals surface area contributed by atoms with Crippen LogP contribution in [0.5, 0.6) is 5.75 Å². The highest BCUT2D eigenvalue weighted by Crippen LogP contribution is 2.24. The fourth-order valence-electron chi connectivity index (χ4n) is 2.35. The third-order valence-electron chi connectivity index (χ3n) is 3.53. The van der Waals surface area contributed by atoms with Gasteiger partial charge < -0.3 is 15.2 Å². The van der Waals surface area contributed by atoms with Crippen molar-refractivity contribution in [2.45, 2.75) is 19.6 Å². The van der Waals surface area contributed by atoms with E-state index in [4.69, 9.17) is 9.84 Å². The van der Waals surface area contributed by atoms with Crippen molar-refractivity contribution in [3.8, 4) is 16.9 Å². The van der Waals surface area contributed by atoms with Crippen molar-refractivity contribution in [2.75, 3.05) is 26.0 Å². The number of nitrogens with one attached hydrogen (secondary N) is 1. The van der Waals surface area contributed by atoms with E-state index in [1.54, 1.807) is 19.2 Å². The van der Waals surface area contributed by atoms with Gasteiger partial charge >= 0.3 is 0 Å². The van der Waals surface area contributed by atoms with Crippen LogP contribution >= 0.6 is 0 Å². The minimum Gasteiger partial charge on any atom is -0.497 e. The van der Waals surface area contributed by atoms with Gasteiger partial charge in [-0.15, -0.1) is 0 Å². The van der Waals surface area contributed by atoms with E-state index in [0.717, 1.165) is 16.9 Å². The Bertz CT molecular complexity index is 817. The zero-order valence-electron chi connectivity index (χ0n) is 15.9. The fraction of sp³-hybridized carbons (Fsp3) is 0.350. The Kier molecular flexibility index (Phi) is 9.53. The normalized spacial score (nSPS) is 10.5. The molecule has 2 aromatic rings. The molecule has 2 N–H and O–H groups in total. The van der Waals surface area contributed by atoms with Gasteiger partial charge in [0.25, 0.3) is 0 Å². The number of carbonyl (C=O) groups is 1. The average molecular weight is 394 g/mol. The van der Waals surface area contributed by atoms with Crippen molar-refractivity contribution in [2.24, 2.45) is 0 Å². The van der Waals surface area contributed by atoms with Crippen molar-refractivity contribution in [1.82, 2.24) is 5.32 Å². The van der Waals surface area contributed by atoms with E-state index < -0.39 is 21.5 Å². The molecule has 6 nitrogen and oxygen atoms in total. The molecule has 0 heterocycles. The quantitative estimate of drug-likeness (QED) is 0.718. The molecule has 0 saturated heterocycles. The first-order valence-electron chi connectivity index (χ1n) is 8.75. The van der Waals surface area contributed by atoms with Crippen molar-refractivity contribution in [3.05, 3.63) is 54.1 Å². The third-order valence-corrected chi connectivity index (χ3v) is 5.00. The van der Waals surface area contributed by atoms with Crippen LogP contribution in [0.2, 0.25) is 0 Å². The summed E-state index contributed by atoms with van der Waals surface area (Å²) in [6.45, 7) is 3.82. The number of ether oxygens (including phenoxy) is 1. The van der Waals surface area contributed by atoms with E-state index in [9.17, 15) is 13.2 Å². The molecule has 0 bridgehead atoms. The van der Waals surface area contributed by atoms with Gasteiger partial charge in [-0.3, -0.25) is 4.79 Å². The molecule has 0 unspecified atom stereocenters. The van der Waals surface area contributed by atoms with Crippen molar-refractivity contribution in [1.29, 1.82) is 0 Å². The molecule has 0 aromatic heterocycles. The highest BCUT2D eigenvalue weighted by Gasteiger charge is 2.17. The minimum absolute atomic E-state index is 0.0452. The standard InChI is InChI=1S/C18H21NO5S.C2H6/c1-24-17-4-2-3-16(11-17)15-7-5-14(6-8-15)12-25(22,23)13-18(21)19-9-10-20;1-2/h2-8,11,20H,9-10,12-13H2,1H3,(H,19,21);1-2H3. The van der Waals surface area contributed by atoms with Crippen LogP contribution in [-0.2, 0) is 20.4 Å². The molecule has 0 aliphatic heterocycles. The van der Waals surface area contributed by atoms with Crippen LogP contribution in [0.1, 0.15) is 19.4 Å². The molecule has 2 rings (SSSR count). The number of rotatable bonds is 8. The fourth-order valence-corrected chi connectivity index (χ4v) is 3.65.